The van der Waals surface area contributed by atoms with Crippen LogP contribution in [0, 0.1) is 0 Å². The van der Waals surface area contributed by atoms with Gasteiger partial charge in [0.1, 0.15) is 4.88 Å². The van der Waals surface area contributed by atoms with Crippen LogP contribution in [0.2, 0.25) is 0 Å². The Hall–Kier alpha value is -1.34. The molecule has 6 nitrogen and oxygen atoms in total. The Balaban J connectivity index is 1.94. The van der Waals surface area contributed by atoms with Gasteiger partial charge in [0.05, 0.1) is 5.69 Å². The fourth-order valence-electron chi connectivity index (χ4n) is 1.87. The average Bonchev–Trinajstić information content (AvgIpc) is 3.01. The smallest absolute Gasteiger partial charge is 0.261 e. The predicted octanol–water partition coefficient (Wildman–Crippen LogP) is 3.03. The largest absolute Gasteiger partial charge is 0.420 e. The van der Waals surface area contributed by atoms with Gasteiger partial charge in [0.2, 0.25) is 5.89 Å². The van der Waals surface area contributed by atoms with Crippen molar-refractivity contribution in [3.63, 3.8) is 0 Å². The molecule has 0 aliphatic rings. The maximum absolute atomic E-state index is 5.73. The number of nitrogens with zero attached hydrogens (tertiary/aromatic N) is 4. The van der Waals surface area contributed by atoms with Crippen molar-refractivity contribution in [2.24, 2.45) is 0 Å². The van der Waals surface area contributed by atoms with Crippen LogP contribution in [0.1, 0.15) is 58.5 Å². The molecule has 2 heterocycles. The zero-order valence-electron chi connectivity index (χ0n) is 13.3. The Labute approximate surface area is 129 Å². The third kappa shape index (κ3) is 4.57. The van der Waals surface area contributed by atoms with Gasteiger partial charge in [-0.1, -0.05) is 18.3 Å². The van der Waals surface area contributed by atoms with E-state index in [1.807, 2.05) is 0 Å². The van der Waals surface area contributed by atoms with E-state index in [-0.39, 0.29) is 5.54 Å². The van der Waals surface area contributed by atoms with Crippen LogP contribution in [0.25, 0.3) is 10.8 Å². The van der Waals surface area contributed by atoms with Crippen LogP contribution >= 0.6 is 11.5 Å². The van der Waals surface area contributed by atoms with Crippen LogP contribution in [-0.2, 0) is 6.42 Å². The summed E-state index contributed by atoms with van der Waals surface area (Å²) in [4.78, 5) is 0.886. The summed E-state index contributed by atoms with van der Waals surface area (Å²) in [5.74, 6) is 1.50. The molecule has 2 aromatic heterocycles. The maximum Gasteiger partial charge on any atom is 0.261 e. The summed E-state index contributed by atoms with van der Waals surface area (Å²) >= 11 is 1.31. The van der Waals surface area contributed by atoms with E-state index < -0.39 is 0 Å². The lowest BCUT2D eigenvalue weighted by molar-refractivity contribution is 0.413. The van der Waals surface area contributed by atoms with E-state index in [4.69, 9.17) is 4.42 Å². The number of rotatable bonds is 6. The monoisotopic (exact) mass is 309 g/mol. The van der Waals surface area contributed by atoms with Gasteiger partial charge in [-0.05, 0) is 51.2 Å². The minimum absolute atomic E-state index is 0.139. The third-order valence-corrected chi connectivity index (χ3v) is 3.67. The first-order chi connectivity index (χ1) is 9.87. The molecule has 116 valence electrons. The number of hydrogen-bond acceptors (Lipinski definition) is 7. The molecular weight excluding hydrogens is 286 g/mol. The second kappa shape index (κ2) is 6.62. The molecule has 0 aromatic carbocycles. The molecule has 0 saturated heterocycles. The molecule has 0 aliphatic heterocycles. The molecule has 0 saturated carbocycles. The topological polar surface area (TPSA) is 76.7 Å². The molecule has 0 aliphatic carbocycles. The van der Waals surface area contributed by atoms with E-state index in [1.54, 1.807) is 0 Å². The first-order valence-corrected chi connectivity index (χ1v) is 8.04. The SMILES string of the molecule is CC(C)c1nnsc1-c1nnc(CCCNC(C)(C)C)o1. The number of aryl methyl sites for hydroxylation is 1. The van der Waals surface area contributed by atoms with E-state index in [2.05, 4.69) is 59.7 Å². The van der Waals surface area contributed by atoms with E-state index in [0.717, 1.165) is 30.0 Å². The van der Waals surface area contributed by atoms with Crippen molar-refractivity contribution in [3.8, 4) is 10.8 Å². The van der Waals surface area contributed by atoms with Gasteiger partial charge in [-0.15, -0.1) is 15.3 Å². The van der Waals surface area contributed by atoms with Crippen LogP contribution in [0.15, 0.2) is 4.42 Å². The van der Waals surface area contributed by atoms with Crippen molar-refractivity contribution in [1.29, 1.82) is 0 Å². The van der Waals surface area contributed by atoms with Gasteiger partial charge in [0, 0.05) is 12.0 Å². The van der Waals surface area contributed by atoms with Crippen LogP contribution in [0.4, 0.5) is 0 Å². The molecule has 0 bridgehead atoms. The molecular formula is C14H23N5OS. The van der Waals surface area contributed by atoms with Crippen LogP contribution < -0.4 is 5.32 Å². The lowest BCUT2D eigenvalue weighted by atomic mass is 10.1. The maximum atomic E-state index is 5.73. The van der Waals surface area contributed by atoms with Crippen molar-refractivity contribution in [2.45, 2.75) is 58.9 Å². The lowest BCUT2D eigenvalue weighted by Gasteiger charge is -2.19. The first-order valence-electron chi connectivity index (χ1n) is 7.27. The molecule has 0 unspecified atom stereocenters. The van der Waals surface area contributed by atoms with Crippen LogP contribution in [0.3, 0.4) is 0 Å². The minimum Gasteiger partial charge on any atom is -0.420 e. The lowest BCUT2D eigenvalue weighted by Crippen LogP contribution is -2.36. The summed E-state index contributed by atoms with van der Waals surface area (Å²) in [5, 5.41) is 15.8. The molecule has 0 fully saturated rings. The zero-order chi connectivity index (χ0) is 15.5. The zero-order valence-corrected chi connectivity index (χ0v) is 14.1. The van der Waals surface area contributed by atoms with Gasteiger partial charge in [0.25, 0.3) is 5.89 Å². The molecule has 1 N–H and O–H groups in total. The second-order valence-corrected chi connectivity index (χ2v) is 7.18. The molecule has 0 spiro atoms. The van der Waals surface area contributed by atoms with E-state index >= 15 is 0 Å². The summed E-state index contributed by atoms with van der Waals surface area (Å²) in [7, 11) is 0. The molecule has 7 heteroatoms. The van der Waals surface area contributed by atoms with E-state index in [1.165, 1.54) is 11.5 Å². The normalized spacial score (nSPS) is 12.3. The minimum atomic E-state index is 0.139. The van der Waals surface area contributed by atoms with Crippen molar-refractivity contribution in [2.75, 3.05) is 6.54 Å². The quantitative estimate of drug-likeness (QED) is 0.827. The fourth-order valence-corrected chi connectivity index (χ4v) is 2.61. The molecule has 0 atom stereocenters. The summed E-state index contributed by atoms with van der Waals surface area (Å²) in [5.41, 5.74) is 1.06. The number of nitrogens with one attached hydrogen (secondary N) is 1. The van der Waals surface area contributed by atoms with Gasteiger partial charge >= 0.3 is 0 Å². The molecule has 2 aromatic rings. The highest BCUT2D eigenvalue weighted by Gasteiger charge is 2.19. The van der Waals surface area contributed by atoms with E-state index in [9.17, 15) is 0 Å². The van der Waals surface area contributed by atoms with Gasteiger partial charge in [-0.2, -0.15) is 0 Å². The number of hydrogen-bond donors (Lipinski definition) is 1. The Morgan fingerprint density at radius 3 is 2.62 bits per heavy atom. The molecule has 0 radical (unpaired) electrons. The van der Waals surface area contributed by atoms with Crippen molar-refractivity contribution in [3.05, 3.63) is 11.6 Å². The predicted molar refractivity (Wildman–Crippen MR) is 83.4 cm³/mol. The first kappa shape index (κ1) is 16.0. The highest BCUT2D eigenvalue weighted by atomic mass is 32.1. The Morgan fingerprint density at radius 2 is 1.95 bits per heavy atom. The third-order valence-electron chi connectivity index (χ3n) is 2.94. The van der Waals surface area contributed by atoms with Gasteiger partial charge in [-0.3, -0.25) is 0 Å². The summed E-state index contributed by atoms with van der Waals surface area (Å²) in [6.07, 6.45) is 1.75. The van der Waals surface area contributed by atoms with Gasteiger partial charge in [0.15, 0.2) is 0 Å². The van der Waals surface area contributed by atoms with Gasteiger partial charge < -0.3 is 9.73 Å². The molecule has 2 rings (SSSR count). The Bertz CT molecular complexity index is 570. The average molecular weight is 309 g/mol. The Kier molecular flexibility index (Phi) is 5.05. The fraction of sp³-hybridized carbons (Fsp3) is 0.714. The highest BCUT2D eigenvalue weighted by Crippen LogP contribution is 2.29. The van der Waals surface area contributed by atoms with Crippen LogP contribution in [0.5, 0.6) is 0 Å². The van der Waals surface area contributed by atoms with Crippen molar-refractivity contribution in [1.82, 2.24) is 25.1 Å². The summed E-state index contributed by atoms with van der Waals surface area (Å²) < 4.78 is 9.72. The molecule has 0 amide bonds. The second-order valence-electron chi connectivity index (χ2n) is 6.42. The highest BCUT2D eigenvalue weighted by molar-refractivity contribution is 7.09. The standard InChI is InChI=1S/C14H23N5OS/c1-9(2)11-12(21-19-17-11)13-18-16-10(20-13)7-6-8-15-14(3,4)5/h9,15H,6-8H2,1-5H3. The van der Waals surface area contributed by atoms with Crippen LogP contribution in [-0.4, -0.2) is 31.9 Å². The Morgan fingerprint density at radius 1 is 1.19 bits per heavy atom. The summed E-state index contributed by atoms with van der Waals surface area (Å²) in [6, 6.07) is 0. The molecule has 21 heavy (non-hydrogen) atoms. The number of aromatic nitrogens is 4. The van der Waals surface area contributed by atoms with Crippen molar-refractivity contribution < 1.29 is 4.42 Å². The summed E-state index contributed by atoms with van der Waals surface area (Å²) in [6.45, 7) is 11.6. The van der Waals surface area contributed by atoms with Gasteiger partial charge in [-0.25, -0.2) is 0 Å². The van der Waals surface area contributed by atoms with Crippen molar-refractivity contribution >= 4 is 11.5 Å². The van der Waals surface area contributed by atoms with E-state index in [0.29, 0.717) is 17.7 Å².